The summed E-state index contributed by atoms with van der Waals surface area (Å²) < 4.78 is 0. The summed E-state index contributed by atoms with van der Waals surface area (Å²) in [6.07, 6.45) is 1.21. The minimum atomic E-state index is -2.02. The van der Waals surface area contributed by atoms with Crippen molar-refractivity contribution in [3.63, 3.8) is 0 Å². The Morgan fingerprint density at radius 2 is 0.889 bits per heavy atom. The van der Waals surface area contributed by atoms with Crippen LogP contribution in [0.25, 0.3) is 0 Å². The lowest BCUT2D eigenvalue weighted by molar-refractivity contribution is 0.975. The van der Waals surface area contributed by atoms with Crippen LogP contribution in [-0.2, 0) is 0 Å². The fourth-order valence-corrected chi connectivity index (χ4v) is 20.1. The number of hydrogen-bond donors (Lipinski definition) is 0. The highest BCUT2D eigenvalue weighted by molar-refractivity contribution is 8.09. The first kappa shape index (κ1) is 22.0. The van der Waals surface area contributed by atoms with Gasteiger partial charge < -0.3 is 0 Å². The lowest BCUT2D eigenvalue weighted by Gasteiger charge is -2.35. The van der Waals surface area contributed by atoms with Gasteiger partial charge in [0.1, 0.15) is 33.8 Å². The first-order valence-electron chi connectivity index (χ1n) is 12.7. The lowest BCUT2D eigenvalue weighted by Crippen LogP contribution is -2.42. The van der Waals surface area contributed by atoms with Crippen LogP contribution in [0.3, 0.4) is 0 Å². The van der Waals surface area contributed by atoms with Crippen LogP contribution in [-0.4, -0.2) is 18.2 Å². The fourth-order valence-electron chi connectivity index (χ4n) is 6.70. The standard InChI is InChI=1S/C33H29NP2/c1-5-15-27(16-6-1)35(28-17-7-2-8-18-28)26-25-34-31-23-13-14-24-32(31)36(33(34)35,29-19-9-3-10-20-29)30-21-11-4-12-22-30/h1-24,33H,25-26H2/q+2/t33-/m1/s1. The molecule has 0 aromatic heterocycles. The summed E-state index contributed by atoms with van der Waals surface area (Å²) in [5, 5.41) is 7.60. The van der Waals surface area contributed by atoms with Gasteiger partial charge in [-0.2, -0.15) is 0 Å². The molecule has 3 heteroatoms. The van der Waals surface area contributed by atoms with E-state index >= 15 is 0 Å². The van der Waals surface area contributed by atoms with E-state index in [1.165, 1.54) is 33.1 Å². The van der Waals surface area contributed by atoms with Gasteiger partial charge in [-0.15, -0.1) is 0 Å². The first-order chi connectivity index (χ1) is 17.9. The maximum atomic E-state index is 2.82. The van der Waals surface area contributed by atoms with Crippen molar-refractivity contribution in [2.75, 3.05) is 17.6 Å². The van der Waals surface area contributed by atoms with Crippen LogP contribution in [0, 0.1) is 0 Å². The third-order valence-electron chi connectivity index (χ3n) is 8.04. The molecule has 2 heterocycles. The van der Waals surface area contributed by atoms with Gasteiger partial charge >= 0.3 is 0 Å². The second kappa shape index (κ2) is 8.70. The maximum absolute atomic E-state index is 2.82. The van der Waals surface area contributed by atoms with Crippen molar-refractivity contribution in [3.8, 4) is 0 Å². The van der Waals surface area contributed by atoms with Crippen LogP contribution in [0.2, 0.25) is 0 Å². The average Bonchev–Trinajstić information content (AvgIpc) is 3.51. The molecule has 1 atom stereocenters. The predicted octanol–water partition coefficient (Wildman–Crippen LogP) is 5.77. The highest BCUT2D eigenvalue weighted by atomic mass is 31.2. The van der Waals surface area contributed by atoms with Crippen molar-refractivity contribution >= 4 is 46.7 Å². The molecule has 0 bridgehead atoms. The Bertz CT molecular complexity index is 1410. The third-order valence-corrected chi connectivity index (χ3v) is 19.0. The van der Waals surface area contributed by atoms with Gasteiger partial charge in [0.05, 0.1) is 18.4 Å². The zero-order chi connectivity index (χ0) is 24.0. The molecule has 174 valence electrons. The van der Waals surface area contributed by atoms with E-state index in [4.69, 9.17) is 0 Å². The largest absolute Gasteiger partial charge is 0.297 e. The van der Waals surface area contributed by atoms with Crippen molar-refractivity contribution in [2.45, 2.75) is 5.52 Å². The molecule has 1 saturated heterocycles. The highest BCUT2D eigenvalue weighted by Gasteiger charge is 2.76. The Balaban J connectivity index is 1.64. The second-order valence-corrected chi connectivity index (χ2v) is 17.2. The number of rotatable bonds is 4. The molecule has 5 aromatic rings. The van der Waals surface area contributed by atoms with Crippen molar-refractivity contribution < 1.29 is 0 Å². The van der Waals surface area contributed by atoms with Crippen LogP contribution < -0.4 is 31.4 Å². The van der Waals surface area contributed by atoms with Crippen LogP contribution in [0.5, 0.6) is 0 Å². The fraction of sp³-hybridized carbons (Fsp3) is 0.0909. The normalized spacial score (nSPS) is 19.0. The highest BCUT2D eigenvalue weighted by Crippen LogP contribution is 2.83. The average molecular weight is 502 g/mol. The third kappa shape index (κ3) is 2.97. The minimum Gasteiger partial charge on any atom is -0.297 e. The molecule has 0 spiro atoms. The van der Waals surface area contributed by atoms with Crippen molar-refractivity contribution in [1.82, 2.24) is 0 Å². The molecule has 0 radical (unpaired) electrons. The molecule has 1 nitrogen and oxygen atoms in total. The summed E-state index contributed by atoms with van der Waals surface area (Å²) >= 11 is 0. The Hall–Kier alpha value is -3.24. The van der Waals surface area contributed by atoms with Crippen LogP contribution >= 0.6 is 14.5 Å². The Labute approximate surface area is 215 Å². The molecule has 0 saturated carbocycles. The van der Waals surface area contributed by atoms with Crippen molar-refractivity contribution in [3.05, 3.63) is 146 Å². The van der Waals surface area contributed by atoms with Gasteiger partial charge in [0.15, 0.2) is 7.26 Å². The van der Waals surface area contributed by atoms with Gasteiger partial charge in [-0.05, 0) is 60.7 Å². The lowest BCUT2D eigenvalue weighted by atomic mass is 10.3. The topological polar surface area (TPSA) is 3.24 Å². The number of para-hydroxylation sites is 1. The van der Waals surface area contributed by atoms with Gasteiger partial charge in [-0.1, -0.05) is 84.9 Å². The maximum Gasteiger partial charge on any atom is 0.264 e. The Morgan fingerprint density at radius 1 is 0.472 bits per heavy atom. The van der Waals surface area contributed by atoms with E-state index in [1.54, 1.807) is 5.30 Å². The van der Waals surface area contributed by atoms with E-state index < -0.39 is 14.5 Å². The molecule has 1 fully saturated rings. The molecule has 0 unspecified atom stereocenters. The van der Waals surface area contributed by atoms with Gasteiger partial charge in [0.25, 0.3) is 5.52 Å². The SMILES string of the molecule is c1ccc([P+]2(c3ccccc3)CCN3c4ccccc4[P+](c4ccccc4)(c4ccccc4)[C@H]32)cc1. The second-order valence-electron chi connectivity index (χ2n) is 9.69. The van der Waals surface area contributed by atoms with E-state index in [-0.39, 0.29) is 0 Å². The number of fused-ring (bicyclic) bond motifs is 3. The van der Waals surface area contributed by atoms with E-state index in [0.29, 0.717) is 5.52 Å². The van der Waals surface area contributed by atoms with Crippen molar-refractivity contribution in [2.24, 2.45) is 0 Å². The molecular formula is C33H29NP2+2. The minimum absolute atomic E-state index is 0.414. The zero-order valence-corrected chi connectivity index (χ0v) is 22.0. The molecule has 36 heavy (non-hydrogen) atoms. The van der Waals surface area contributed by atoms with Gasteiger partial charge in [0, 0.05) is 0 Å². The van der Waals surface area contributed by atoms with E-state index in [2.05, 4.69) is 150 Å². The summed E-state index contributed by atoms with van der Waals surface area (Å²) in [4.78, 5) is 2.82. The van der Waals surface area contributed by atoms with Crippen LogP contribution in [0.4, 0.5) is 5.69 Å². The van der Waals surface area contributed by atoms with Gasteiger partial charge in [-0.3, -0.25) is 4.90 Å². The Morgan fingerprint density at radius 3 is 1.39 bits per heavy atom. The number of benzene rings is 5. The van der Waals surface area contributed by atoms with Crippen LogP contribution in [0.1, 0.15) is 0 Å². The molecular weight excluding hydrogens is 472 g/mol. The first-order valence-corrected chi connectivity index (χ1v) is 16.6. The summed E-state index contributed by atoms with van der Waals surface area (Å²) in [6, 6.07) is 55.2. The smallest absolute Gasteiger partial charge is 0.264 e. The summed E-state index contributed by atoms with van der Waals surface area (Å²) in [5.74, 6) is 0. The van der Waals surface area contributed by atoms with Gasteiger partial charge in [0.2, 0.25) is 0 Å². The van der Waals surface area contributed by atoms with Gasteiger partial charge in [-0.25, -0.2) is 0 Å². The predicted molar refractivity (Wildman–Crippen MR) is 160 cm³/mol. The number of anilines is 1. The quantitative estimate of drug-likeness (QED) is 0.283. The molecule has 2 aliphatic rings. The Kier molecular flexibility index (Phi) is 5.32. The summed E-state index contributed by atoms with van der Waals surface area (Å²) in [6.45, 7) is 1.10. The van der Waals surface area contributed by atoms with E-state index in [9.17, 15) is 0 Å². The summed E-state index contributed by atoms with van der Waals surface area (Å²) in [5.41, 5.74) is 1.86. The molecule has 0 aliphatic carbocycles. The number of nitrogens with zero attached hydrogens (tertiary/aromatic N) is 1. The van der Waals surface area contributed by atoms with Crippen molar-refractivity contribution in [1.29, 1.82) is 0 Å². The van der Waals surface area contributed by atoms with E-state index in [1.807, 2.05) is 0 Å². The van der Waals surface area contributed by atoms with E-state index in [0.717, 1.165) is 6.54 Å². The molecule has 5 aromatic carbocycles. The molecule has 7 rings (SSSR count). The van der Waals surface area contributed by atoms with Crippen LogP contribution in [0.15, 0.2) is 146 Å². The molecule has 0 amide bonds. The monoisotopic (exact) mass is 501 g/mol. The zero-order valence-electron chi connectivity index (χ0n) is 20.2. The molecule has 2 aliphatic heterocycles. The summed E-state index contributed by atoms with van der Waals surface area (Å²) in [7, 11) is -3.84. The number of hydrogen-bond acceptors (Lipinski definition) is 1. The molecule has 0 N–H and O–H groups in total.